The zero-order valence-corrected chi connectivity index (χ0v) is 19.5. The van der Waals surface area contributed by atoms with Crippen LogP contribution in [-0.2, 0) is 4.79 Å². The molecule has 0 saturated carbocycles. The summed E-state index contributed by atoms with van der Waals surface area (Å²) in [4.78, 5) is 27.8. The predicted molar refractivity (Wildman–Crippen MR) is 137 cm³/mol. The highest BCUT2D eigenvalue weighted by Crippen LogP contribution is 2.31. The Morgan fingerprint density at radius 3 is 2.61 bits per heavy atom. The molecule has 0 aliphatic heterocycles. The number of anilines is 1. The lowest BCUT2D eigenvalue weighted by Gasteiger charge is -2.01. The van der Waals surface area contributed by atoms with Crippen LogP contribution < -0.4 is 5.32 Å². The molecule has 0 atom stereocenters. The number of aromatic nitrogens is 1. The number of benzene rings is 3. The molecule has 8 heteroatoms. The van der Waals surface area contributed by atoms with Gasteiger partial charge in [-0.2, -0.15) is 0 Å². The van der Waals surface area contributed by atoms with E-state index in [0.717, 1.165) is 11.1 Å². The average molecular weight is 479 g/mol. The van der Waals surface area contributed by atoms with Crippen LogP contribution in [0.5, 0.6) is 0 Å². The van der Waals surface area contributed by atoms with Crippen molar-refractivity contribution < 1.29 is 18.6 Å². The van der Waals surface area contributed by atoms with Gasteiger partial charge in [0.15, 0.2) is 5.58 Å². The predicted octanol–water partition coefficient (Wildman–Crippen LogP) is 6.93. The van der Waals surface area contributed by atoms with Crippen LogP contribution in [0.15, 0.2) is 87.7 Å². The second-order valence-electron chi connectivity index (χ2n) is 8.30. The number of oxazole rings is 1. The first-order valence-electron chi connectivity index (χ1n) is 11.2. The number of fused-ring (bicyclic) bond motifs is 1. The standard InChI is InChI=1S/C28H21N3O5/c1-17-7-8-19(15-18(17)2)28-30-23-16-20(9-12-26(23)36-28)29-27(32)14-11-21-10-13-25(35-21)22-5-3-4-6-24(22)31(33)34/h3-16H,1-2H3,(H,29,32)/b14-11+. The summed E-state index contributed by atoms with van der Waals surface area (Å²) in [6.45, 7) is 4.09. The SMILES string of the molecule is Cc1ccc(-c2nc3cc(NC(=O)/C=C/c4ccc(-c5ccccc5[N+](=O)[O-])o4)ccc3o2)cc1C. The van der Waals surface area contributed by atoms with Gasteiger partial charge in [0.05, 0.1) is 10.5 Å². The number of carbonyl (C=O) groups excluding carboxylic acids is 1. The van der Waals surface area contributed by atoms with E-state index < -0.39 is 4.92 Å². The summed E-state index contributed by atoms with van der Waals surface area (Å²) in [7, 11) is 0. The molecule has 1 N–H and O–H groups in total. The summed E-state index contributed by atoms with van der Waals surface area (Å²) in [5, 5.41) is 14.1. The van der Waals surface area contributed by atoms with Crippen molar-refractivity contribution in [1.29, 1.82) is 0 Å². The fourth-order valence-corrected chi connectivity index (χ4v) is 3.77. The number of aryl methyl sites for hydroxylation is 2. The summed E-state index contributed by atoms with van der Waals surface area (Å²) >= 11 is 0. The zero-order valence-electron chi connectivity index (χ0n) is 19.5. The highest BCUT2D eigenvalue weighted by atomic mass is 16.6. The Morgan fingerprint density at radius 1 is 0.972 bits per heavy atom. The third kappa shape index (κ3) is 4.65. The maximum absolute atomic E-state index is 12.5. The molecule has 0 saturated heterocycles. The molecule has 5 aromatic rings. The van der Waals surface area contributed by atoms with E-state index >= 15 is 0 Å². The van der Waals surface area contributed by atoms with Crippen LogP contribution in [0, 0.1) is 24.0 Å². The van der Waals surface area contributed by atoms with E-state index in [2.05, 4.69) is 17.2 Å². The lowest BCUT2D eigenvalue weighted by Crippen LogP contribution is -2.07. The van der Waals surface area contributed by atoms with Gasteiger partial charge < -0.3 is 14.2 Å². The van der Waals surface area contributed by atoms with E-state index in [4.69, 9.17) is 8.83 Å². The van der Waals surface area contributed by atoms with Crippen LogP contribution in [0.2, 0.25) is 0 Å². The fraction of sp³-hybridized carbons (Fsp3) is 0.0714. The molecular formula is C28H21N3O5. The first kappa shape index (κ1) is 22.8. The van der Waals surface area contributed by atoms with E-state index in [0.29, 0.717) is 39.8 Å². The minimum absolute atomic E-state index is 0.0518. The lowest BCUT2D eigenvalue weighted by atomic mass is 10.1. The number of furan rings is 1. The number of rotatable bonds is 6. The highest BCUT2D eigenvalue weighted by Gasteiger charge is 2.17. The topological polar surface area (TPSA) is 111 Å². The van der Waals surface area contributed by atoms with Gasteiger partial charge in [0.2, 0.25) is 11.8 Å². The van der Waals surface area contributed by atoms with Gasteiger partial charge >= 0.3 is 0 Å². The van der Waals surface area contributed by atoms with Gasteiger partial charge in [-0.05, 0) is 79.6 Å². The Morgan fingerprint density at radius 2 is 1.81 bits per heavy atom. The number of nitrogens with zero attached hydrogens (tertiary/aromatic N) is 2. The molecule has 0 aliphatic carbocycles. The number of carbonyl (C=O) groups is 1. The van der Waals surface area contributed by atoms with Crippen molar-refractivity contribution in [3.8, 4) is 22.8 Å². The molecule has 5 rings (SSSR count). The Bertz CT molecular complexity index is 1640. The highest BCUT2D eigenvalue weighted by molar-refractivity contribution is 6.02. The van der Waals surface area contributed by atoms with Crippen LogP contribution in [-0.4, -0.2) is 15.8 Å². The number of nitrogens with one attached hydrogen (secondary N) is 1. The zero-order chi connectivity index (χ0) is 25.2. The van der Waals surface area contributed by atoms with E-state index in [1.165, 1.54) is 23.8 Å². The van der Waals surface area contributed by atoms with Gasteiger partial charge in [-0.1, -0.05) is 18.2 Å². The molecule has 8 nitrogen and oxygen atoms in total. The summed E-state index contributed by atoms with van der Waals surface area (Å²) in [6.07, 6.45) is 2.83. The van der Waals surface area contributed by atoms with Crippen LogP contribution in [0.3, 0.4) is 0 Å². The molecule has 0 fully saturated rings. The second kappa shape index (κ2) is 9.34. The van der Waals surface area contributed by atoms with Gasteiger partial charge in [0.25, 0.3) is 5.69 Å². The minimum Gasteiger partial charge on any atom is -0.456 e. The minimum atomic E-state index is -0.461. The molecule has 178 valence electrons. The Kier molecular flexibility index (Phi) is 5.92. The second-order valence-corrected chi connectivity index (χ2v) is 8.30. The normalized spacial score (nSPS) is 11.3. The number of hydrogen-bond acceptors (Lipinski definition) is 6. The van der Waals surface area contributed by atoms with Crippen LogP contribution in [0.1, 0.15) is 16.9 Å². The molecular weight excluding hydrogens is 458 g/mol. The molecule has 0 radical (unpaired) electrons. The lowest BCUT2D eigenvalue weighted by molar-refractivity contribution is -0.384. The van der Waals surface area contributed by atoms with Crippen LogP contribution in [0.4, 0.5) is 11.4 Å². The van der Waals surface area contributed by atoms with E-state index in [1.54, 1.807) is 48.5 Å². The monoisotopic (exact) mass is 479 g/mol. The van der Waals surface area contributed by atoms with E-state index in [9.17, 15) is 14.9 Å². The fourth-order valence-electron chi connectivity index (χ4n) is 3.77. The summed E-state index contributed by atoms with van der Waals surface area (Å²) < 4.78 is 11.6. The third-order valence-electron chi connectivity index (χ3n) is 5.80. The maximum Gasteiger partial charge on any atom is 0.280 e. The number of amides is 1. The quantitative estimate of drug-likeness (QED) is 0.161. The van der Waals surface area contributed by atoms with Gasteiger partial charge in [0, 0.05) is 23.4 Å². The third-order valence-corrected chi connectivity index (χ3v) is 5.80. The Balaban J connectivity index is 1.29. The first-order chi connectivity index (χ1) is 17.4. The molecule has 2 heterocycles. The maximum atomic E-state index is 12.5. The number of nitro groups is 1. The summed E-state index contributed by atoms with van der Waals surface area (Å²) in [5.74, 6) is 0.890. The van der Waals surface area contributed by atoms with Gasteiger partial charge in [-0.25, -0.2) is 4.98 Å². The summed E-state index contributed by atoms with van der Waals surface area (Å²) in [6, 6.07) is 20.9. The van der Waals surface area contributed by atoms with Crippen molar-refractivity contribution in [2.24, 2.45) is 0 Å². The first-order valence-corrected chi connectivity index (χ1v) is 11.2. The molecule has 36 heavy (non-hydrogen) atoms. The van der Waals surface area contributed by atoms with E-state index in [1.807, 2.05) is 25.1 Å². The number of hydrogen-bond donors (Lipinski definition) is 1. The molecule has 1 amide bonds. The van der Waals surface area contributed by atoms with Crippen molar-refractivity contribution in [2.75, 3.05) is 5.32 Å². The number of nitro benzene ring substituents is 1. The average Bonchev–Trinajstić information content (AvgIpc) is 3.51. The Labute approximate surface area is 206 Å². The van der Waals surface area contributed by atoms with Gasteiger partial charge in [-0.15, -0.1) is 0 Å². The van der Waals surface area contributed by atoms with Crippen molar-refractivity contribution in [1.82, 2.24) is 4.98 Å². The molecule has 0 bridgehead atoms. The van der Waals surface area contributed by atoms with Crippen molar-refractivity contribution >= 4 is 34.5 Å². The van der Waals surface area contributed by atoms with Gasteiger partial charge in [-0.3, -0.25) is 14.9 Å². The smallest absolute Gasteiger partial charge is 0.280 e. The molecule has 0 aliphatic rings. The Hall–Kier alpha value is -4.98. The molecule has 2 aromatic heterocycles. The van der Waals surface area contributed by atoms with Crippen molar-refractivity contribution in [3.05, 3.63) is 106 Å². The largest absolute Gasteiger partial charge is 0.456 e. The molecule has 3 aromatic carbocycles. The van der Waals surface area contributed by atoms with E-state index in [-0.39, 0.29) is 11.6 Å². The molecule has 0 unspecified atom stereocenters. The van der Waals surface area contributed by atoms with Crippen LogP contribution >= 0.6 is 0 Å². The molecule has 0 spiro atoms. The van der Waals surface area contributed by atoms with Crippen molar-refractivity contribution in [2.45, 2.75) is 13.8 Å². The van der Waals surface area contributed by atoms with Crippen molar-refractivity contribution in [3.63, 3.8) is 0 Å². The van der Waals surface area contributed by atoms with Gasteiger partial charge in [0.1, 0.15) is 17.0 Å². The summed E-state index contributed by atoms with van der Waals surface area (Å²) in [5.41, 5.74) is 5.37. The number of para-hydroxylation sites is 1. The van der Waals surface area contributed by atoms with Crippen LogP contribution in [0.25, 0.3) is 40.0 Å².